The van der Waals surface area contributed by atoms with Gasteiger partial charge in [-0.25, -0.2) is 0 Å². The summed E-state index contributed by atoms with van der Waals surface area (Å²) in [7, 11) is 3.55. The van der Waals surface area contributed by atoms with Crippen LogP contribution in [0.5, 0.6) is 11.5 Å². The Labute approximate surface area is 252 Å². The summed E-state index contributed by atoms with van der Waals surface area (Å²) < 4.78 is 21.5. The van der Waals surface area contributed by atoms with Crippen LogP contribution in [0.2, 0.25) is 0 Å². The van der Waals surface area contributed by atoms with Gasteiger partial charge in [-0.05, 0) is 49.1 Å². The molecule has 4 nitrogen and oxygen atoms in total. The lowest BCUT2D eigenvalue weighted by Crippen LogP contribution is -2.37. The first-order valence-electron chi connectivity index (χ1n) is 14.0. The van der Waals surface area contributed by atoms with Crippen molar-refractivity contribution >= 4 is 37.4 Å². The molecule has 0 aliphatic rings. The quantitative estimate of drug-likeness (QED) is 0.144. The second-order valence-corrected chi connectivity index (χ2v) is 13.9. The third-order valence-corrected chi connectivity index (χ3v) is 11.9. The van der Waals surface area contributed by atoms with Crippen LogP contribution in [0.4, 0.5) is 0 Å². The predicted octanol–water partition coefficient (Wildman–Crippen LogP) is 7.18. The summed E-state index contributed by atoms with van der Waals surface area (Å²) >= 11 is 0. The Kier molecular flexibility index (Phi) is 10.4. The average Bonchev–Trinajstić information content (AvgIpc) is 3.06. The lowest BCUT2D eigenvalue weighted by atomic mass is 10.0. The van der Waals surface area contributed by atoms with Crippen LogP contribution in [0.3, 0.4) is 0 Å². The van der Waals surface area contributed by atoms with E-state index >= 15 is 0 Å². The Morgan fingerprint density at radius 1 is 0.548 bits per heavy atom. The highest BCUT2D eigenvalue weighted by Crippen LogP contribution is 2.49. The number of methoxy groups -OCH3 is 2. The van der Waals surface area contributed by atoms with Crippen LogP contribution in [0.25, 0.3) is 0 Å². The highest BCUT2D eigenvalue weighted by atomic mass is 31.1. The minimum Gasteiger partial charge on any atom is -0.496 e. The molecule has 0 N–H and O–H groups in total. The molecule has 0 aliphatic carbocycles. The molecule has 5 rings (SSSR count). The van der Waals surface area contributed by atoms with E-state index in [9.17, 15) is 0 Å². The van der Waals surface area contributed by atoms with Gasteiger partial charge in [0, 0.05) is 30.0 Å². The van der Waals surface area contributed by atoms with Gasteiger partial charge in [0.25, 0.3) is 0 Å². The van der Waals surface area contributed by atoms with Gasteiger partial charge < -0.3 is 14.0 Å². The standard InChI is InChI=1S/C36H37NO3P2/c1-28(37(2)41(30-20-10-6-11-21-30)34-26-16-14-24-32(34)38-3)36(29-18-8-5-9-19-29)40-42(31-22-12-7-13-23-31)35-27-17-15-25-33(35)39-4/h5-28,36H,1-4H3/t28-,36-,41?,42?/m0/s1. The highest BCUT2D eigenvalue weighted by molar-refractivity contribution is 7.71. The topological polar surface area (TPSA) is 30.9 Å². The van der Waals surface area contributed by atoms with E-state index in [1.807, 2.05) is 30.3 Å². The van der Waals surface area contributed by atoms with Gasteiger partial charge in [0.15, 0.2) is 0 Å². The molecule has 4 atom stereocenters. The molecule has 214 valence electrons. The zero-order valence-electron chi connectivity index (χ0n) is 24.5. The molecule has 0 aliphatic heterocycles. The number of likely N-dealkylation sites (N-methyl/N-ethyl adjacent to an activating group) is 1. The van der Waals surface area contributed by atoms with Crippen molar-refractivity contribution < 1.29 is 14.0 Å². The summed E-state index contributed by atoms with van der Waals surface area (Å²) in [6, 6.07) is 48.4. The van der Waals surface area contributed by atoms with E-state index in [4.69, 9.17) is 14.0 Å². The van der Waals surface area contributed by atoms with E-state index in [1.165, 1.54) is 10.6 Å². The van der Waals surface area contributed by atoms with E-state index in [-0.39, 0.29) is 12.1 Å². The molecule has 2 unspecified atom stereocenters. The van der Waals surface area contributed by atoms with Crippen LogP contribution in [0, 0.1) is 0 Å². The van der Waals surface area contributed by atoms with Crippen LogP contribution in [0.1, 0.15) is 18.6 Å². The van der Waals surface area contributed by atoms with Crippen LogP contribution >= 0.6 is 16.2 Å². The molecule has 42 heavy (non-hydrogen) atoms. The lowest BCUT2D eigenvalue weighted by molar-refractivity contribution is 0.154. The molecule has 0 bridgehead atoms. The van der Waals surface area contributed by atoms with Crippen molar-refractivity contribution in [3.8, 4) is 11.5 Å². The van der Waals surface area contributed by atoms with Crippen LogP contribution in [-0.2, 0) is 4.52 Å². The second kappa shape index (κ2) is 14.6. The van der Waals surface area contributed by atoms with Crippen LogP contribution in [-0.4, -0.2) is 32.0 Å². The Morgan fingerprint density at radius 2 is 1.00 bits per heavy atom. The number of nitrogens with zero attached hydrogens (tertiary/aromatic N) is 1. The zero-order chi connectivity index (χ0) is 29.3. The summed E-state index contributed by atoms with van der Waals surface area (Å²) in [6.07, 6.45) is -0.226. The minimum atomic E-state index is -1.20. The van der Waals surface area contributed by atoms with Gasteiger partial charge in [-0.2, -0.15) is 0 Å². The molecule has 0 saturated carbocycles. The van der Waals surface area contributed by atoms with Crippen molar-refractivity contribution in [3.05, 3.63) is 145 Å². The van der Waals surface area contributed by atoms with Crippen molar-refractivity contribution in [1.29, 1.82) is 0 Å². The third kappa shape index (κ3) is 6.75. The van der Waals surface area contributed by atoms with E-state index in [0.717, 1.165) is 27.7 Å². The summed E-state index contributed by atoms with van der Waals surface area (Å²) in [5.41, 5.74) is 1.14. The molecule has 5 aromatic carbocycles. The maximum absolute atomic E-state index is 7.33. The number of rotatable bonds is 12. The lowest BCUT2D eigenvalue weighted by Gasteiger charge is -2.39. The summed E-state index contributed by atoms with van der Waals surface area (Å²) in [5, 5.41) is 4.64. The monoisotopic (exact) mass is 593 g/mol. The van der Waals surface area contributed by atoms with Gasteiger partial charge in [-0.15, -0.1) is 0 Å². The molecular weight excluding hydrogens is 556 g/mol. The summed E-state index contributed by atoms with van der Waals surface area (Å²) in [6.45, 7) is 2.27. The highest BCUT2D eigenvalue weighted by Gasteiger charge is 2.34. The normalized spacial score (nSPS) is 14.1. The first kappa shape index (κ1) is 30.0. The van der Waals surface area contributed by atoms with Gasteiger partial charge in [-0.3, -0.25) is 4.67 Å². The average molecular weight is 594 g/mol. The number of hydrogen-bond donors (Lipinski definition) is 0. The number of benzene rings is 5. The van der Waals surface area contributed by atoms with Gasteiger partial charge in [-0.1, -0.05) is 115 Å². The van der Waals surface area contributed by atoms with Gasteiger partial charge >= 0.3 is 0 Å². The number of hydrogen-bond acceptors (Lipinski definition) is 4. The largest absolute Gasteiger partial charge is 0.496 e. The molecule has 6 heteroatoms. The Balaban J connectivity index is 1.61. The second-order valence-electron chi connectivity index (χ2n) is 9.87. The third-order valence-electron chi connectivity index (χ3n) is 7.30. The van der Waals surface area contributed by atoms with Crippen molar-refractivity contribution in [2.45, 2.75) is 19.1 Å². The number of para-hydroxylation sites is 2. The smallest absolute Gasteiger partial charge is 0.129 e. The van der Waals surface area contributed by atoms with E-state index in [1.54, 1.807) is 14.2 Å². The van der Waals surface area contributed by atoms with Crippen LogP contribution in [0.15, 0.2) is 140 Å². The first-order chi connectivity index (χ1) is 20.6. The van der Waals surface area contributed by atoms with Gasteiger partial charge in [0.2, 0.25) is 0 Å². The molecule has 0 aromatic heterocycles. The predicted molar refractivity (Wildman–Crippen MR) is 179 cm³/mol. The van der Waals surface area contributed by atoms with Crippen molar-refractivity contribution in [1.82, 2.24) is 4.67 Å². The zero-order valence-corrected chi connectivity index (χ0v) is 26.3. The first-order valence-corrected chi connectivity index (χ1v) is 16.6. The van der Waals surface area contributed by atoms with Crippen molar-refractivity contribution in [2.75, 3.05) is 21.3 Å². The molecule has 5 aromatic rings. The summed E-state index contributed by atoms with van der Waals surface area (Å²) in [5.74, 6) is 1.73. The maximum Gasteiger partial charge on any atom is 0.129 e. The Hall–Kier alpha value is -3.52. The van der Waals surface area contributed by atoms with Gasteiger partial charge in [0.1, 0.15) is 17.6 Å². The minimum absolute atomic E-state index is 0.00653. The van der Waals surface area contributed by atoms with E-state index in [2.05, 4.69) is 128 Å². The Morgan fingerprint density at radius 3 is 1.57 bits per heavy atom. The SMILES string of the molecule is COc1ccccc1P(O[C@H](c1ccccc1)[C@H](C)N(C)P(c1ccccc1)c1ccccc1OC)c1ccccc1. The molecule has 0 heterocycles. The fraction of sp³-hybridized carbons (Fsp3) is 0.167. The van der Waals surface area contributed by atoms with Crippen LogP contribution < -0.4 is 30.7 Å². The molecule has 0 fully saturated rings. The molecular formula is C36H37NO3P2. The van der Waals surface area contributed by atoms with Gasteiger partial charge in [0.05, 0.1) is 22.4 Å². The molecule has 0 amide bonds. The Bertz CT molecular complexity index is 1540. The fourth-order valence-electron chi connectivity index (χ4n) is 5.04. The summed E-state index contributed by atoms with van der Waals surface area (Å²) in [4.78, 5) is 0. The van der Waals surface area contributed by atoms with E-state index < -0.39 is 16.2 Å². The molecule has 0 spiro atoms. The van der Waals surface area contributed by atoms with Crippen molar-refractivity contribution in [2.24, 2.45) is 0 Å². The van der Waals surface area contributed by atoms with Crippen molar-refractivity contribution in [3.63, 3.8) is 0 Å². The fourth-order valence-corrected chi connectivity index (χ4v) is 9.64. The molecule has 0 radical (unpaired) electrons. The maximum atomic E-state index is 7.33. The molecule has 0 saturated heterocycles. The van der Waals surface area contributed by atoms with E-state index in [0.29, 0.717) is 0 Å². The number of ether oxygens (including phenoxy) is 2.